The van der Waals surface area contributed by atoms with E-state index in [0.717, 1.165) is 12.1 Å². The molecule has 114 valence electrons. The van der Waals surface area contributed by atoms with Gasteiger partial charge in [0.15, 0.2) is 5.65 Å². The highest BCUT2D eigenvalue weighted by atomic mass is 35.5. The third-order valence-electron chi connectivity index (χ3n) is 3.09. The van der Waals surface area contributed by atoms with Gasteiger partial charge >= 0.3 is 5.97 Å². The number of nitrogens with zero attached hydrogens (tertiary/aromatic N) is 3. The predicted molar refractivity (Wildman–Crippen MR) is 79.7 cm³/mol. The topological polar surface area (TPSA) is 66.2 Å². The first-order valence-corrected chi connectivity index (χ1v) is 7.15. The summed E-state index contributed by atoms with van der Waals surface area (Å²) in [5.41, 5.74) is 1.68. The number of rotatable bonds is 6. The van der Waals surface area contributed by atoms with Crippen LogP contribution in [0.15, 0.2) is 6.20 Å². The Morgan fingerprint density at radius 2 is 2.24 bits per heavy atom. The number of fused-ring (bicyclic) bond motifs is 1. The number of aromatic nitrogens is 3. The number of carbonyl (C=O) groups is 1. The van der Waals surface area contributed by atoms with Crippen LogP contribution in [-0.2, 0) is 16.0 Å². The maximum absolute atomic E-state index is 11.8. The molecule has 0 fully saturated rings. The first kappa shape index (κ1) is 15.7. The first-order chi connectivity index (χ1) is 10.1. The Bertz CT molecular complexity index is 654. The van der Waals surface area contributed by atoms with Gasteiger partial charge in [-0.3, -0.25) is 0 Å². The zero-order valence-corrected chi connectivity index (χ0v) is 13.1. The van der Waals surface area contributed by atoms with Crippen molar-refractivity contribution in [1.82, 2.24) is 14.8 Å². The van der Waals surface area contributed by atoms with E-state index in [4.69, 9.17) is 21.1 Å². The number of methoxy groups -OCH3 is 1. The molecule has 0 radical (unpaired) electrons. The Labute approximate surface area is 128 Å². The Morgan fingerprint density at radius 3 is 2.90 bits per heavy atom. The summed E-state index contributed by atoms with van der Waals surface area (Å²) in [6.45, 7) is 5.21. The number of pyridine rings is 1. The van der Waals surface area contributed by atoms with Gasteiger partial charge in [-0.2, -0.15) is 5.10 Å². The third kappa shape index (κ3) is 3.16. The van der Waals surface area contributed by atoms with Crippen LogP contribution in [0.1, 0.15) is 29.4 Å². The van der Waals surface area contributed by atoms with E-state index < -0.39 is 5.97 Å². The van der Waals surface area contributed by atoms with E-state index in [-0.39, 0.29) is 5.56 Å². The Balaban J connectivity index is 2.41. The molecule has 0 saturated heterocycles. The van der Waals surface area contributed by atoms with E-state index in [1.54, 1.807) is 18.7 Å². The fourth-order valence-electron chi connectivity index (χ4n) is 2.14. The summed E-state index contributed by atoms with van der Waals surface area (Å²) >= 11 is 6.33. The van der Waals surface area contributed by atoms with Crippen molar-refractivity contribution in [3.05, 3.63) is 22.5 Å². The van der Waals surface area contributed by atoms with E-state index in [1.807, 2.05) is 6.92 Å². The standard InChI is InChI=1S/C14H18ClN3O3/c1-4-21-14(19)10-8-16-13-11(12(10)15)9(2)17-18(13)6-5-7-20-3/h8H,4-7H2,1-3H3. The molecule has 2 rings (SSSR count). The predicted octanol–water partition coefficient (Wildman–Crippen LogP) is 2.61. The molecule has 0 amide bonds. The van der Waals surface area contributed by atoms with Gasteiger partial charge < -0.3 is 9.47 Å². The SMILES string of the molecule is CCOC(=O)c1cnc2c(c(C)nn2CCCOC)c1Cl. The van der Waals surface area contributed by atoms with Crippen molar-refractivity contribution in [2.75, 3.05) is 20.3 Å². The third-order valence-corrected chi connectivity index (χ3v) is 3.48. The molecule has 0 aliphatic carbocycles. The summed E-state index contributed by atoms with van der Waals surface area (Å²) in [5.74, 6) is -0.469. The summed E-state index contributed by atoms with van der Waals surface area (Å²) in [4.78, 5) is 16.2. The van der Waals surface area contributed by atoms with Gasteiger partial charge in [0, 0.05) is 26.5 Å². The van der Waals surface area contributed by atoms with Gasteiger partial charge in [-0.1, -0.05) is 11.6 Å². The van der Waals surface area contributed by atoms with Gasteiger partial charge in [-0.25, -0.2) is 14.5 Å². The molecule has 0 saturated carbocycles. The zero-order valence-electron chi connectivity index (χ0n) is 12.4. The van der Waals surface area contributed by atoms with Crippen molar-refractivity contribution >= 4 is 28.6 Å². The minimum Gasteiger partial charge on any atom is -0.462 e. The monoisotopic (exact) mass is 311 g/mol. The zero-order chi connectivity index (χ0) is 15.4. The van der Waals surface area contributed by atoms with Gasteiger partial charge in [-0.15, -0.1) is 0 Å². The number of esters is 1. The molecule has 0 unspecified atom stereocenters. The molecule has 21 heavy (non-hydrogen) atoms. The molecule has 7 heteroatoms. The molecule has 2 aromatic heterocycles. The van der Waals surface area contributed by atoms with Crippen LogP contribution in [0.5, 0.6) is 0 Å². The molecule has 0 atom stereocenters. The number of aryl methyl sites for hydroxylation is 2. The lowest BCUT2D eigenvalue weighted by Crippen LogP contribution is -2.07. The highest BCUT2D eigenvalue weighted by Crippen LogP contribution is 2.29. The van der Waals surface area contributed by atoms with Crippen molar-refractivity contribution < 1.29 is 14.3 Å². The Kier molecular flexibility index (Phi) is 5.14. The maximum Gasteiger partial charge on any atom is 0.341 e. The lowest BCUT2D eigenvalue weighted by Gasteiger charge is -2.06. The van der Waals surface area contributed by atoms with Crippen molar-refractivity contribution in [1.29, 1.82) is 0 Å². The fraction of sp³-hybridized carbons (Fsp3) is 0.500. The van der Waals surface area contributed by atoms with E-state index in [9.17, 15) is 4.79 Å². The summed E-state index contributed by atoms with van der Waals surface area (Å²) < 4.78 is 11.8. The number of halogens is 1. The van der Waals surface area contributed by atoms with Crippen LogP contribution in [-0.4, -0.2) is 41.1 Å². The molecule has 0 aliphatic rings. The van der Waals surface area contributed by atoms with E-state index >= 15 is 0 Å². The lowest BCUT2D eigenvalue weighted by molar-refractivity contribution is 0.0526. The second kappa shape index (κ2) is 6.87. The van der Waals surface area contributed by atoms with Crippen LogP contribution < -0.4 is 0 Å². The largest absolute Gasteiger partial charge is 0.462 e. The molecule has 0 bridgehead atoms. The molecule has 0 spiro atoms. The molecule has 2 aromatic rings. The average Bonchev–Trinajstić information content (AvgIpc) is 2.77. The van der Waals surface area contributed by atoms with Crippen LogP contribution in [0.3, 0.4) is 0 Å². The van der Waals surface area contributed by atoms with Gasteiger partial charge in [0.05, 0.1) is 28.3 Å². The fourth-order valence-corrected chi connectivity index (χ4v) is 2.49. The second-order valence-electron chi connectivity index (χ2n) is 4.56. The smallest absolute Gasteiger partial charge is 0.341 e. The average molecular weight is 312 g/mol. The molecule has 0 aromatic carbocycles. The summed E-state index contributed by atoms with van der Waals surface area (Å²) in [6, 6.07) is 0. The summed E-state index contributed by atoms with van der Waals surface area (Å²) in [5, 5.41) is 5.47. The van der Waals surface area contributed by atoms with E-state index in [2.05, 4.69) is 10.1 Å². The van der Waals surface area contributed by atoms with Crippen molar-refractivity contribution in [3.8, 4) is 0 Å². The van der Waals surface area contributed by atoms with Crippen LogP contribution in [0.2, 0.25) is 5.02 Å². The van der Waals surface area contributed by atoms with Gasteiger partial charge in [0.1, 0.15) is 0 Å². The number of hydrogen-bond acceptors (Lipinski definition) is 5. The summed E-state index contributed by atoms with van der Waals surface area (Å²) in [6.07, 6.45) is 2.27. The Hall–Kier alpha value is -1.66. The maximum atomic E-state index is 11.8. The van der Waals surface area contributed by atoms with Crippen molar-refractivity contribution in [3.63, 3.8) is 0 Å². The van der Waals surface area contributed by atoms with Crippen LogP contribution in [0.25, 0.3) is 11.0 Å². The highest BCUT2D eigenvalue weighted by molar-refractivity contribution is 6.38. The minimum atomic E-state index is -0.469. The molecular formula is C14H18ClN3O3. The van der Waals surface area contributed by atoms with Crippen LogP contribution in [0, 0.1) is 6.92 Å². The van der Waals surface area contributed by atoms with Crippen LogP contribution in [0.4, 0.5) is 0 Å². The second-order valence-corrected chi connectivity index (χ2v) is 4.94. The normalized spacial score (nSPS) is 11.0. The molecular weight excluding hydrogens is 294 g/mol. The highest BCUT2D eigenvalue weighted by Gasteiger charge is 2.19. The van der Waals surface area contributed by atoms with Gasteiger partial charge in [0.25, 0.3) is 0 Å². The van der Waals surface area contributed by atoms with Crippen molar-refractivity contribution in [2.45, 2.75) is 26.8 Å². The number of hydrogen-bond donors (Lipinski definition) is 0. The van der Waals surface area contributed by atoms with E-state index in [1.165, 1.54) is 6.20 Å². The van der Waals surface area contributed by atoms with Crippen molar-refractivity contribution in [2.24, 2.45) is 0 Å². The molecule has 6 nitrogen and oxygen atoms in total. The minimum absolute atomic E-state index is 0.269. The van der Waals surface area contributed by atoms with Gasteiger partial charge in [0.2, 0.25) is 0 Å². The lowest BCUT2D eigenvalue weighted by atomic mass is 10.2. The molecule has 0 aliphatic heterocycles. The van der Waals surface area contributed by atoms with Crippen LogP contribution >= 0.6 is 11.6 Å². The molecule has 0 N–H and O–H groups in total. The number of ether oxygens (including phenoxy) is 2. The van der Waals surface area contributed by atoms with Gasteiger partial charge in [-0.05, 0) is 20.3 Å². The Morgan fingerprint density at radius 1 is 1.48 bits per heavy atom. The number of carbonyl (C=O) groups excluding carboxylic acids is 1. The first-order valence-electron chi connectivity index (χ1n) is 6.77. The summed E-state index contributed by atoms with van der Waals surface area (Å²) in [7, 11) is 1.66. The quantitative estimate of drug-likeness (QED) is 0.606. The molecule has 2 heterocycles. The van der Waals surface area contributed by atoms with E-state index in [0.29, 0.717) is 35.8 Å².